The van der Waals surface area contributed by atoms with Crippen molar-refractivity contribution >= 4 is 0 Å². The Bertz CT molecular complexity index is 338. The molecule has 1 saturated carbocycles. The van der Waals surface area contributed by atoms with Crippen LogP contribution in [0.3, 0.4) is 0 Å². The van der Waals surface area contributed by atoms with Crippen LogP contribution >= 0.6 is 0 Å². The van der Waals surface area contributed by atoms with Gasteiger partial charge in [-0.3, -0.25) is 0 Å². The first-order valence-corrected chi connectivity index (χ1v) is 7.67. The van der Waals surface area contributed by atoms with E-state index in [4.69, 9.17) is 4.74 Å². The monoisotopic (exact) mass is 261 g/mol. The molecule has 1 aromatic rings. The van der Waals surface area contributed by atoms with Crippen LogP contribution in [0.15, 0.2) is 30.3 Å². The molecule has 0 aliphatic heterocycles. The molecule has 0 bridgehead atoms. The van der Waals surface area contributed by atoms with Gasteiger partial charge in [-0.05, 0) is 50.3 Å². The van der Waals surface area contributed by atoms with Gasteiger partial charge in [-0.15, -0.1) is 0 Å². The molecular formula is C17H27NO. The summed E-state index contributed by atoms with van der Waals surface area (Å²) in [6, 6.07) is 10.1. The van der Waals surface area contributed by atoms with E-state index in [1.54, 1.807) is 0 Å². The Morgan fingerprint density at radius 1 is 1.11 bits per heavy atom. The van der Waals surface area contributed by atoms with Gasteiger partial charge < -0.3 is 10.1 Å². The van der Waals surface area contributed by atoms with E-state index >= 15 is 0 Å². The first kappa shape index (κ1) is 14.4. The third kappa shape index (κ3) is 4.54. The van der Waals surface area contributed by atoms with Gasteiger partial charge in [0.2, 0.25) is 0 Å². The second-order valence-electron chi connectivity index (χ2n) is 5.86. The van der Waals surface area contributed by atoms with Crippen molar-refractivity contribution in [2.75, 3.05) is 20.2 Å². The summed E-state index contributed by atoms with van der Waals surface area (Å²) in [5.74, 6) is 0.994. The highest BCUT2D eigenvalue weighted by atomic mass is 16.5. The molecule has 1 aliphatic carbocycles. The predicted molar refractivity (Wildman–Crippen MR) is 80.6 cm³/mol. The van der Waals surface area contributed by atoms with E-state index < -0.39 is 0 Å². The van der Waals surface area contributed by atoms with Crippen molar-refractivity contribution in [2.45, 2.75) is 44.9 Å². The van der Waals surface area contributed by atoms with Crippen LogP contribution in [0, 0.1) is 5.41 Å². The lowest BCUT2D eigenvalue weighted by atomic mass is 9.71. The summed E-state index contributed by atoms with van der Waals surface area (Å²) in [7, 11) is 2.08. The van der Waals surface area contributed by atoms with Crippen LogP contribution in [-0.4, -0.2) is 20.2 Å². The summed E-state index contributed by atoms with van der Waals surface area (Å²) < 4.78 is 5.80. The Balaban J connectivity index is 1.73. The fourth-order valence-corrected chi connectivity index (χ4v) is 3.35. The van der Waals surface area contributed by atoms with Gasteiger partial charge >= 0.3 is 0 Å². The van der Waals surface area contributed by atoms with Gasteiger partial charge in [0.15, 0.2) is 0 Å². The van der Waals surface area contributed by atoms with E-state index in [1.165, 1.54) is 45.1 Å². The molecule has 2 heteroatoms. The average Bonchev–Trinajstić information content (AvgIpc) is 2.46. The van der Waals surface area contributed by atoms with Crippen LogP contribution in [-0.2, 0) is 0 Å². The van der Waals surface area contributed by atoms with Crippen molar-refractivity contribution in [1.82, 2.24) is 5.32 Å². The molecule has 2 nitrogen and oxygen atoms in total. The fourth-order valence-electron chi connectivity index (χ4n) is 3.35. The summed E-state index contributed by atoms with van der Waals surface area (Å²) in [6.45, 7) is 2.01. The van der Waals surface area contributed by atoms with Crippen molar-refractivity contribution < 1.29 is 4.74 Å². The van der Waals surface area contributed by atoms with Crippen molar-refractivity contribution in [2.24, 2.45) is 5.41 Å². The lowest BCUT2D eigenvalue weighted by molar-refractivity contribution is 0.154. The van der Waals surface area contributed by atoms with Gasteiger partial charge in [0, 0.05) is 6.54 Å². The lowest BCUT2D eigenvalue weighted by Gasteiger charge is -2.37. The van der Waals surface area contributed by atoms with Gasteiger partial charge in [0.25, 0.3) is 0 Å². The van der Waals surface area contributed by atoms with E-state index in [0.29, 0.717) is 5.41 Å². The first-order chi connectivity index (χ1) is 9.35. The maximum absolute atomic E-state index is 5.80. The first-order valence-electron chi connectivity index (χ1n) is 7.67. The van der Waals surface area contributed by atoms with Crippen molar-refractivity contribution in [3.63, 3.8) is 0 Å². The summed E-state index contributed by atoms with van der Waals surface area (Å²) in [6.07, 6.45) is 9.46. The normalized spacial score (nSPS) is 18.2. The van der Waals surface area contributed by atoms with E-state index in [1.807, 2.05) is 30.3 Å². The molecule has 0 saturated heterocycles. The maximum atomic E-state index is 5.80. The zero-order valence-electron chi connectivity index (χ0n) is 12.2. The minimum absolute atomic E-state index is 0.535. The topological polar surface area (TPSA) is 21.3 Å². The Hall–Kier alpha value is -1.02. The highest BCUT2D eigenvalue weighted by Crippen LogP contribution is 2.39. The zero-order valence-corrected chi connectivity index (χ0v) is 12.2. The van der Waals surface area contributed by atoms with Crippen LogP contribution in [0.2, 0.25) is 0 Å². The van der Waals surface area contributed by atoms with Crippen molar-refractivity contribution in [3.8, 4) is 5.75 Å². The Labute approximate surface area is 117 Å². The Kier molecular flexibility index (Phi) is 5.71. The number of hydrogen-bond donors (Lipinski definition) is 1. The molecule has 19 heavy (non-hydrogen) atoms. The maximum Gasteiger partial charge on any atom is 0.119 e. The van der Waals surface area contributed by atoms with Gasteiger partial charge in [0.05, 0.1) is 6.61 Å². The van der Waals surface area contributed by atoms with Crippen LogP contribution in [0.5, 0.6) is 5.75 Å². The Morgan fingerprint density at radius 2 is 1.84 bits per heavy atom. The molecular weight excluding hydrogens is 234 g/mol. The number of nitrogens with one attached hydrogen (secondary N) is 1. The van der Waals surface area contributed by atoms with Crippen LogP contribution in [0.1, 0.15) is 44.9 Å². The summed E-state index contributed by atoms with van der Waals surface area (Å²) in [4.78, 5) is 0. The molecule has 2 rings (SSSR count). The molecule has 0 atom stereocenters. The minimum Gasteiger partial charge on any atom is -0.494 e. The largest absolute Gasteiger partial charge is 0.494 e. The van der Waals surface area contributed by atoms with Gasteiger partial charge in [-0.1, -0.05) is 37.5 Å². The molecule has 0 radical (unpaired) electrons. The number of ether oxygens (including phenoxy) is 1. The van der Waals surface area contributed by atoms with Crippen LogP contribution in [0.4, 0.5) is 0 Å². The van der Waals surface area contributed by atoms with Crippen molar-refractivity contribution in [3.05, 3.63) is 30.3 Å². The standard InChI is InChI=1S/C17H27NO/c1-18-15-17(11-6-3-7-12-17)13-8-14-19-16-9-4-2-5-10-16/h2,4-5,9-10,18H,3,6-8,11-15H2,1H3. The fraction of sp³-hybridized carbons (Fsp3) is 0.647. The second kappa shape index (κ2) is 7.54. The number of para-hydroxylation sites is 1. The van der Waals surface area contributed by atoms with Crippen molar-refractivity contribution in [1.29, 1.82) is 0 Å². The lowest BCUT2D eigenvalue weighted by Crippen LogP contribution is -2.34. The molecule has 1 aliphatic rings. The van der Waals surface area contributed by atoms with E-state index in [2.05, 4.69) is 12.4 Å². The molecule has 0 aromatic heterocycles. The summed E-state index contributed by atoms with van der Waals surface area (Å²) >= 11 is 0. The van der Waals surface area contributed by atoms with E-state index in [0.717, 1.165) is 18.8 Å². The molecule has 106 valence electrons. The summed E-state index contributed by atoms with van der Waals surface area (Å²) in [5, 5.41) is 3.40. The van der Waals surface area contributed by atoms with Gasteiger partial charge in [0.1, 0.15) is 5.75 Å². The van der Waals surface area contributed by atoms with Crippen LogP contribution < -0.4 is 10.1 Å². The number of benzene rings is 1. The molecule has 0 spiro atoms. The molecule has 0 unspecified atom stereocenters. The number of rotatable bonds is 7. The van der Waals surface area contributed by atoms with E-state index in [-0.39, 0.29) is 0 Å². The third-order valence-electron chi connectivity index (χ3n) is 4.33. The molecule has 0 amide bonds. The smallest absolute Gasteiger partial charge is 0.119 e. The molecule has 1 fully saturated rings. The minimum atomic E-state index is 0.535. The predicted octanol–water partition coefficient (Wildman–Crippen LogP) is 4.02. The molecule has 1 N–H and O–H groups in total. The SMILES string of the molecule is CNCC1(CCCOc2ccccc2)CCCCC1. The third-order valence-corrected chi connectivity index (χ3v) is 4.33. The van der Waals surface area contributed by atoms with Crippen LogP contribution in [0.25, 0.3) is 0 Å². The molecule has 0 heterocycles. The van der Waals surface area contributed by atoms with E-state index in [9.17, 15) is 0 Å². The average molecular weight is 261 g/mol. The highest BCUT2D eigenvalue weighted by Gasteiger charge is 2.30. The van der Waals surface area contributed by atoms with Gasteiger partial charge in [-0.2, -0.15) is 0 Å². The summed E-state index contributed by atoms with van der Waals surface area (Å²) in [5.41, 5.74) is 0.535. The number of hydrogen-bond acceptors (Lipinski definition) is 2. The molecule has 1 aromatic carbocycles. The quantitative estimate of drug-likeness (QED) is 0.749. The second-order valence-corrected chi connectivity index (χ2v) is 5.86. The van der Waals surface area contributed by atoms with Gasteiger partial charge in [-0.25, -0.2) is 0 Å². The highest BCUT2D eigenvalue weighted by molar-refractivity contribution is 5.20. The Morgan fingerprint density at radius 3 is 2.53 bits per heavy atom. The zero-order chi connectivity index (χ0) is 13.4.